The number of anilines is 1. The Balaban J connectivity index is 2.21. The fourth-order valence-corrected chi connectivity index (χ4v) is 2.80. The van der Waals surface area contributed by atoms with Crippen molar-refractivity contribution in [2.24, 2.45) is 12.5 Å². The third kappa shape index (κ3) is 3.34. The molecule has 1 aliphatic heterocycles. The average molecular weight is 295 g/mol. The number of nitrogens with zero attached hydrogens (tertiary/aromatic N) is 3. The predicted octanol–water partition coefficient (Wildman–Crippen LogP) is 2.25. The monoisotopic (exact) mass is 295 g/mol. The number of nitrogens with one attached hydrogen (secondary N) is 2. The van der Waals surface area contributed by atoms with Crippen LogP contribution in [0.1, 0.15) is 45.2 Å². The molecule has 0 bridgehead atoms. The van der Waals surface area contributed by atoms with Crippen molar-refractivity contribution in [1.82, 2.24) is 15.1 Å². The molecular formula is C14H25N5O2. The van der Waals surface area contributed by atoms with Crippen LogP contribution in [-0.2, 0) is 7.05 Å². The van der Waals surface area contributed by atoms with Gasteiger partial charge in [0.05, 0.1) is 4.92 Å². The Morgan fingerprint density at radius 2 is 2.10 bits per heavy atom. The molecule has 21 heavy (non-hydrogen) atoms. The molecule has 0 radical (unpaired) electrons. The summed E-state index contributed by atoms with van der Waals surface area (Å²) in [6.45, 7) is 8.81. The maximum atomic E-state index is 11.4. The van der Waals surface area contributed by atoms with Crippen LogP contribution in [0.4, 0.5) is 11.5 Å². The molecule has 1 saturated heterocycles. The minimum atomic E-state index is -0.324. The quantitative estimate of drug-likeness (QED) is 0.643. The first kappa shape index (κ1) is 15.8. The maximum Gasteiger partial charge on any atom is 0.334 e. The number of nitro groups is 1. The summed E-state index contributed by atoms with van der Waals surface area (Å²) in [6.07, 6.45) is 2.14. The van der Waals surface area contributed by atoms with Crippen molar-refractivity contribution in [3.8, 4) is 0 Å². The predicted molar refractivity (Wildman–Crippen MR) is 82.7 cm³/mol. The number of aromatic nitrogens is 2. The molecule has 0 spiro atoms. The molecule has 118 valence electrons. The van der Waals surface area contributed by atoms with Crippen LogP contribution in [-0.4, -0.2) is 34.3 Å². The van der Waals surface area contributed by atoms with Gasteiger partial charge in [-0.05, 0) is 31.3 Å². The molecule has 1 aliphatic rings. The van der Waals surface area contributed by atoms with Gasteiger partial charge in [-0.15, -0.1) is 0 Å². The largest absolute Gasteiger partial charge is 0.364 e. The zero-order valence-electron chi connectivity index (χ0n) is 13.3. The van der Waals surface area contributed by atoms with E-state index in [1.165, 1.54) is 0 Å². The Labute approximate surface area is 125 Å². The Morgan fingerprint density at radius 3 is 2.62 bits per heavy atom. The van der Waals surface area contributed by atoms with Gasteiger partial charge in [0.1, 0.15) is 5.69 Å². The molecule has 0 unspecified atom stereocenters. The Hall–Kier alpha value is -1.63. The summed E-state index contributed by atoms with van der Waals surface area (Å²) in [7, 11) is 1.76. The van der Waals surface area contributed by atoms with Crippen molar-refractivity contribution in [3.63, 3.8) is 0 Å². The van der Waals surface area contributed by atoms with Gasteiger partial charge in [0.2, 0.25) is 5.82 Å². The van der Waals surface area contributed by atoms with E-state index < -0.39 is 0 Å². The molecule has 2 heterocycles. The summed E-state index contributed by atoms with van der Waals surface area (Å²) in [5.41, 5.74) is 0.826. The number of aryl methyl sites for hydroxylation is 1. The normalized spacial score (nSPS) is 18.0. The second kappa shape index (κ2) is 6.01. The summed E-state index contributed by atoms with van der Waals surface area (Å²) < 4.78 is 1.60. The number of hydrogen-bond acceptors (Lipinski definition) is 5. The first-order chi connectivity index (χ1) is 9.84. The Morgan fingerprint density at radius 1 is 1.48 bits per heavy atom. The topological polar surface area (TPSA) is 85.0 Å². The highest BCUT2D eigenvalue weighted by atomic mass is 16.6. The summed E-state index contributed by atoms with van der Waals surface area (Å²) in [6, 6.07) is 0. The zero-order valence-corrected chi connectivity index (χ0v) is 13.3. The minimum absolute atomic E-state index is 0.0293. The standard InChI is InChI=1S/C14H25N5O2/c1-10(2)11-12(19(20)21)13(18(4)17-11)16-9-14(3)5-7-15-8-6-14/h10,15-16H,5-9H2,1-4H3. The lowest BCUT2D eigenvalue weighted by atomic mass is 9.81. The van der Waals surface area contributed by atoms with Crippen LogP contribution in [0.3, 0.4) is 0 Å². The van der Waals surface area contributed by atoms with Crippen molar-refractivity contribution in [2.45, 2.75) is 39.5 Å². The highest BCUT2D eigenvalue weighted by Crippen LogP contribution is 2.35. The summed E-state index contributed by atoms with van der Waals surface area (Å²) >= 11 is 0. The Bertz CT molecular complexity index is 518. The summed E-state index contributed by atoms with van der Waals surface area (Å²) in [5.74, 6) is 0.546. The lowest BCUT2D eigenvalue weighted by Crippen LogP contribution is -2.39. The minimum Gasteiger partial charge on any atom is -0.364 e. The second-order valence-corrected chi connectivity index (χ2v) is 6.53. The van der Waals surface area contributed by atoms with Gasteiger partial charge < -0.3 is 10.6 Å². The van der Waals surface area contributed by atoms with Crippen LogP contribution in [0.25, 0.3) is 0 Å². The molecule has 2 N–H and O–H groups in total. The molecule has 0 aliphatic carbocycles. The van der Waals surface area contributed by atoms with E-state index in [0.717, 1.165) is 32.5 Å². The highest BCUT2D eigenvalue weighted by molar-refractivity contribution is 5.60. The summed E-state index contributed by atoms with van der Waals surface area (Å²) in [4.78, 5) is 11.1. The van der Waals surface area contributed by atoms with Crippen molar-refractivity contribution in [2.75, 3.05) is 25.0 Å². The molecule has 2 rings (SSSR count). The van der Waals surface area contributed by atoms with Crippen LogP contribution >= 0.6 is 0 Å². The van der Waals surface area contributed by atoms with Gasteiger partial charge in [-0.1, -0.05) is 20.8 Å². The molecule has 1 aromatic heterocycles. The second-order valence-electron chi connectivity index (χ2n) is 6.53. The van der Waals surface area contributed by atoms with Crippen molar-refractivity contribution < 1.29 is 4.92 Å². The molecule has 1 aromatic rings. The van der Waals surface area contributed by atoms with E-state index in [0.29, 0.717) is 11.5 Å². The van der Waals surface area contributed by atoms with Crippen LogP contribution < -0.4 is 10.6 Å². The fourth-order valence-electron chi connectivity index (χ4n) is 2.80. The first-order valence-electron chi connectivity index (χ1n) is 7.50. The lowest BCUT2D eigenvalue weighted by Gasteiger charge is -2.34. The third-order valence-corrected chi connectivity index (χ3v) is 4.27. The van der Waals surface area contributed by atoms with Crippen LogP contribution in [0.2, 0.25) is 0 Å². The average Bonchev–Trinajstić information content (AvgIpc) is 2.75. The number of piperidine rings is 1. The molecular weight excluding hydrogens is 270 g/mol. The zero-order chi connectivity index (χ0) is 15.6. The van der Waals surface area contributed by atoms with Gasteiger partial charge in [-0.2, -0.15) is 5.10 Å². The molecule has 0 atom stereocenters. The van der Waals surface area contributed by atoms with Crippen LogP contribution in [0.15, 0.2) is 0 Å². The van der Waals surface area contributed by atoms with Gasteiger partial charge in [0.15, 0.2) is 0 Å². The van der Waals surface area contributed by atoms with Gasteiger partial charge in [0, 0.05) is 19.5 Å². The van der Waals surface area contributed by atoms with Gasteiger partial charge >= 0.3 is 5.69 Å². The molecule has 0 saturated carbocycles. The number of hydrogen-bond donors (Lipinski definition) is 2. The van der Waals surface area contributed by atoms with E-state index in [2.05, 4.69) is 22.7 Å². The van der Waals surface area contributed by atoms with Crippen molar-refractivity contribution in [3.05, 3.63) is 15.8 Å². The number of rotatable bonds is 5. The summed E-state index contributed by atoms with van der Waals surface area (Å²) in [5, 5.41) is 22.3. The first-order valence-corrected chi connectivity index (χ1v) is 7.50. The van der Waals surface area contributed by atoms with Gasteiger partial charge in [0.25, 0.3) is 0 Å². The molecule has 7 nitrogen and oxygen atoms in total. The van der Waals surface area contributed by atoms with E-state index in [9.17, 15) is 10.1 Å². The lowest BCUT2D eigenvalue weighted by molar-refractivity contribution is -0.384. The van der Waals surface area contributed by atoms with E-state index in [4.69, 9.17) is 0 Å². The van der Waals surface area contributed by atoms with Crippen molar-refractivity contribution >= 4 is 11.5 Å². The third-order valence-electron chi connectivity index (χ3n) is 4.27. The fraction of sp³-hybridized carbons (Fsp3) is 0.786. The molecule has 7 heteroatoms. The molecule has 1 fully saturated rings. The van der Waals surface area contributed by atoms with E-state index in [1.54, 1.807) is 11.7 Å². The molecule has 0 amide bonds. The molecule has 0 aromatic carbocycles. The van der Waals surface area contributed by atoms with E-state index >= 15 is 0 Å². The van der Waals surface area contributed by atoms with Crippen LogP contribution in [0, 0.1) is 15.5 Å². The van der Waals surface area contributed by atoms with Crippen molar-refractivity contribution in [1.29, 1.82) is 0 Å². The van der Waals surface area contributed by atoms with Gasteiger partial charge in [-0.25, -0.2) is 4.68 Å². The van der Waals surface area contributed by atoms with Crippen LogP contribution in [0.5, 0.6) is 0 Å². The highest BCUT2D eigenvalue weighted by Gasteiger charge is 2.31. The smallest absolute Gasteiger partial charge is 0.334 e. The van der Waals surface area contributed by atoms with E-state index in [1.807, 2.05) is 13.8 Å². The van der Waals surface area contributed by atoms with Gasteiger partial charge in [-0.3, -0.25) is 10.1 Å². The SMILES string of the molecule is CC(C)c1nn(C)c(NCC2(C)CCNCC2)c1[N+](=O)[O-]. The Kier molecular flexibility index (Phi) is 4.51. The maximum absolute atomic E-state index is 11.4. The van der Waals surface area contributed by atoms with E-state index in [-0.39, 0.29) is 21.9 Å².